The van der Waals surface area contributed by atoms with Crippen molar-refractivity contribution in [3.8, 4) is 22.3 Å². The van der Waals surface area contributed by atoms with E-state index >= 15 is 0 Å². The summed E-state index contributed by atoms with van der Waals surface area (Å²) in [6.07, 6.45) is 0. The Morgan fingerprint density at radius 2 is 1.06 bits per heavy atom. The number of hydrogen-bond acceptors (Lipinski definition) is 3. The van der Waals surface area contributed by atoms with E-state index in [1.165, 1.54) is 64.7 Å². The highest BCUT2D eigenvalue weighted by Crippen LogP contribution is 2.56. The van der Waals surface area contributed by atoms with Crippen LogP contribution in [0.5, 0.6) is 0 Å². The molecule has 0 aliphatic heterocycles. The van der Waals surface area contributed by atoms with E-state index in [0.717, 1.165) is 33.3 Å². The van der Waals surface area contributed by atoms with Gasteiger partial charge in [-0.25, -0.2) is 0 Å². The molecule has 8 aromatic carbocycles. The van der Waals surface area contributed by atoms with Crippen LogP contribution in [0.3, 0.4) is 0 Å². The molecule has 1 aliphatic carbocycles. The van der Waals surface area contributed by atoms with Gasteiger partial charge in [0.15, 0.2) is 0 Å². The normalized spacial score (nSPS) is 13.2. The van der Waals surface area contributed by atoms with Crippen molar-refractivity contribution in [3.05, 3.63) is 204 Å². The Bertz CT molecular complexity index is 2940. The van der Waals surface area contributed by atoms with Crippen molar-refractivity contribution in [2.45, 2.75) is 5.41 Å². The van der Waals surface area contributed by atoms with Crippen molar-refractivity contribution < 1.29 is 4.42 Å². The van der Waals surface area contributed by atoms with E-state index in [9.17, 15) is 0 Å². The molecule has 0 radical (unpaired) electrons. The molecule has 1 N–H and O–H groups in total. The van der Waals surface area contributed by atoms with Crippen molar-refractivity contribution >= 4 is 64.8 Å². The van der Waals surface area contributed by atoms with Crippen LogP contribution >= 0.6 is 11.3 Å². The predicted octanol–water partition coefficient (Wildman–Crippen LogP) is 13.7. The Hall–Kier alpha value is -6.42. The second-order valence-electron chi connectivity index (χ2n) is 13.7. The van der Waals surface area contributed by atoms with Gasteiger partial charge in [-0.1, -0.05) is 133 Å². The first-order chi connectivity index (χ1) is 25.8. The molecule has 0 bridgehead atoms. The van der Waals surface area contributed by atoms with Gasteiger partial charge in [0.25, 0.3) is 0 Å². The van der Waals surface area contributed by atoms with E-state index in [1.54, 1.807) is 0 Å². The fraction of sp³-hybridized carbons (Fsp3) is 0.0204. The molecule has 3 heteroatoms. The number of furan rings is 1. The zero-order chi connectivity index (χ0) is 34.2. The largest absolute Gasteiger partial charge is 0.456 e. The minimum atomic E-state index is -0.394. The molecular weight excluding hydrogens is 651 g/mol. The van der Waals surface area contributed by atoms with E-state index in [2.05, 4.69) is 175 Å². The van der Waals surface area contributed by atoms with Crippen molar-refractivity contribution in [2.24, 2.45) is 0 Å². The SMILES string of the molecule is c1ccc(C2(c3ccc(Nc4ccc5sc6c(-c7ccc8oc9ccccc9c8c7)cccc6c5c4)cc3)c3ccccc3-c3ccccc32)cc1. The van der Waals surface area contributed by atoms with Crippen LogP contribution < -0.4 is 5.32 Å². The molecule has 1 aliphatic rings. The molecule has 2 aromatic heterocycles. The molecule has 244 valence electrons. The monoisotopic (exact) mass is 681 g/mol. The van der Waals surface area contributed by atoms with Crippen LogP contribution in [0.1, 0.15) is 22.3 Å². The molecule has 11 rings (SSSR count). The molecule has 0 amide bonds. The molecule has 0 unspecified atom stereocenters. The van der Waals surface area contributed by atoms with E-state index in [4.69, 9.17) is 4.42 Å². The van der Waals surface area contributed by atoms with Gasteiger partial charge in [-0.15, -0.1) is 11.3 Å². The minimum Gasteiger partial charge on any atom is -0.456 e. The summed E-state index contributed by atoms with van der Waals surface area (Å²) in [5.41, 5.74) is 13.8. The van der Waals surface area contributed by atoms with Gasteiger partial charge in [0.05, 0.1) is 5.41 Å². The lowest BCUT2D eigenvalue weighted by Crippen LogP contribution is -2.28. The second kappa shape index (κ2) is 11.3. The lowest BCUT2D eigenvalue weighted by molar-refractivity contribution is 0.669. The number of hydrogen-bond donors (Lipinski definition) is 1. The zero-order valence-electron chi connectivity index (χ0n) is 28.1. The van der Waals surface area contributed by atoms with E-state index < -0.39 is 5.41 Å². The number of nitrogens with one attached hydrogen (secondary N) is 1. The summed E-state index contributed by atoms with van der Waals surface area (Å²) in [5, 5.41) is 8.58. The number of para-hydroxylation sites is 1. The van der Waals surface area contributed by atoms with E-state index in [0.29, 0.717) is 0 Å². The third kappa shape index (κ3) is 4.24. The smallest absolute Gasteiger partial charge is 0.135 e. The van der Waals surface area contributed by atoms with Crippen molar-refractivity contribution in [1.82, 2.24) is 0 Å². The lowest BCUT2D eigenvalue weighted by Gasteiger charge is -2.34. The van der Waals surface area contributed by atoms with Gasteiger partial charge < -0.3 is 9.73 Å². The van der Waals surface area contributed by atoms with Crippen LogP contribution in [0.25, 0.3) is 64.4 Å². The summed E-state index contributed by atoms with van der Waals surface area (Å²) in [5.74, 6) is 0. The highest BCUT2D eigenvalue weighted by Gasteiger charge is 2.45. The highest BCUT2D eigenvalue weighted by molar-refractivity contribution is 7.26. The van der Waals surface area contributed by atoms with Gasteiger partial charge in [0.1, 0.15) is 11.2 Å². The Labute approximate surface area is 305 Å². The van der Waals surface area contributed by atoms with Gasteiger partial charge in [0.2, 0.25) is 0 Å². The molecule has 10 aromatic rings. The molecule has 0 spiro atoms. The average molecular weight is 682 g/mol. The number of rotatable bonds is 5. The van der Waals surface area contributed by atoms with Crippen LogP contribution in [-0.2, 0) is 5.41 Å². The topological polar surface area (TPSA) is 25.2 Å². The van der Waals surface area contributed by atoms with Crippen LogP contribution in [0, 0.1) is 0 Å². The molecule has 2 nitrogen and oxygen atoms in total. The van der Waals surface area contributed by atoms with Crippen molar-refractivity contribution in [3.63, 3.8) is 0 Å². The number of anilines is 2. The molecule has 0 saturated carbocycles. The van der Waals surface area contributed by atoms with Crippen LogP contribution in [0.15, 0.2) is 186 Å². The van der Waals surface area contributed by atoms with Gasteiger partial charge in [-0.3, -0.25) is 0 Å². The van der Waals surface area contributed by atoms with Gasteiger partial charge in [0, 0.05) is 42.3 Å². The molecule has 0 atom stereocenters. The van der Waals surface area contributed by atoms with Crippen LogP contribution in [0.2, 0.25) is 0 Å². The van der Waals surface area contributed by atoms with Gasteiger partial charge in [-0.05, 0) is 93.0 Å². The summed E-state index contributed by atoms with van der Waals surface area (Å²) < 4.78 is 8.70. The van der Waals surface area contributed by atoms with Gasteiger partial charge in [-0.2, -0.15) is 0 Å². The summed E-state index contributed by atoms with van der Waals surface area (Å²) in [6.45, 7) is 0. The summed E-state index contributed by atoms with van der Waals surface area (Å²) in [4.78, 5) is 0. The second-order valence-corrected chi connectivity index (χ2v) is 14.8. The zero-order valence-corrected chi connectivity index (χ0v) is 29.0. The summed E-state index contributed by atoms with van der Waals surface area (Å²) >= 11 is 1.86. The minimum absolute atomic E-state index is 0.394. The summed E-state index contributed by atoms with van der Waals surface area (Å²) in [6, 6.07) is 66.1. The first-order valence-electron chi connectivity index (χ1n) is 17.8. The van der Waals surface area contributed by atoms with Crippen LogP contribution in [0.4, 0.5) is 11.4 Å². The standard InChI is InChI=1S/C49H31NOS/c1-2-11-32(12-3-1)49(43-18-7-4-13-37(43)38-14-5-8-19-44(38)49)33-22-24-34(25-23-33)50-35-26-28-47-42(30-35)40-17-10-16-36(48(40)52-47)31-21-27-46-41(29-31)39-15-6-9-20-45(39)51-46/h1-30,50H. The number of thiophene rings is 1. The molecule has 52 heavy (non-hydrogen) atoms. The third-order valence-corrected chi connectivity index (χ3v) is 12.2. The molecule has 0 fully saturated rings. The first-order valence-corrected chi connectivity index (χ1v) is 18.6. The first kappa shape index (κ1) is 29.3. The fourth-order valence-electron chi connectivity index (χ4n) is 8.68. The Morgan fingerprint density at radius 1 is 0.423 bits per heavy atom. The van der Waals surface area contributed by atoms with E-state index in [1.807, 2.05) is 23.5 Å². The fourth-order valence-corrected chi connectivity index (χ4v) is 9.90. The Kier molecular flexibility index (Phi) is 6.37. The van der Waals surface area contributed by atoms with Crippen molar-refractivity contribution in [2.75, 3.05) is 5.32 Å². The van der Waals surface area contributed by atoms with Gasteiger partial charge >= 0.3 is 0 Å². The Morgan fingerprint density at radius 3 is 1.87 bits per heavy atom. The van der Waals surface area contributed by atoms with E-state index in [-0.39, 0.29) is 0 Å². The quantitative estimate of drug-likeness (QED) is 0.196. The average Bonchev–Trinajstić information content (AvgIpc) is 3.87. The maximum absolute atomic E-state index is 6.12. The van der Waals surface area contributed by atoms with Crippen molar-refractivity contribution in [1.29, 1.82) is 0 Å². The maximum atomic E-state index is 6.12. The lowest BCUT2D eigenvalue weighted by atomic mass is 9.68. The maximum Gasteiger partial charge on any atom is 0.135 e. The molecule has 0 saturated heterocycles. The molecular formula is C49H31NOS. The summed E-state index contributed by atoms with van der Waals surface area (Å²) in [7, 11) is 0. The van der Waals surface area contributed by atoms with Crippen LogP contribution in [-0.4, -0.2) is 0 Å². The number of benzene rings is 8. The highest BCUT2D eigenvalue weighted by atomic mass is 32.1. The molecule has 2 heterocycles. The Balaban J connectivity index is 0.971. The predicted molar refractivity (Wildman–Crippen MR) is 219 cm³/mol. The number of fused-ring (bicyclic) bond motifs is 9. The third-order valence-electron chi connectivity index (χ3n) is 11.0.